The Morgan fingerprint density at radius 3 is 2.15 bits per heavy atom. The fourth-order valence-corrected chi connectivity index (χ4v) is 5.32. The smallest absolute Gasteiger partial charge is 0.234 e. The van der Waals surface area contributed by atoms with Crippen molar-refractivity contribution in [3.05, 3.63) is 71.8 Å². The second-order valence-corrected chi connectivity index (χ2v) is 8.58. The molecule has 2 saturated heterocycles. The molecule has 140 valence electrons. The van der Waals surface area contributed by atoms with Crippen LogP contribution in [0.25, 0.3) is 0 Å². The highest BCUT2D eigenvalue weighted by Gasteiger charge is 2.48. The molecule has 2 aliphatic rings. The Hall–Kier alpha value is -2.27. The predicted molar refractivity (Wildman–Crippen MR) is 108 cm³/mol. The Morgan fingerprint density at radius 2 is 1.52 bits per heavy atom. The number of rotatable bonds is 4. The van der Waals surface area contributed by atoms with Gasteiger partial charge in [-0.1, -0.05) is 60.7 Å². The molecule has 2 heterocycles. The summed E-state index contributed by atoms with van der Waals surface area (Å²) < 4.78 is 0. The molecule has 0 radical (unpaired) electrons. The summed E-state index contributed by atoms with van der Waals surface area (Å²) in [5.74, 6) is 0.943. The zero-order valence-electron chi connectivity index (χ0n) is 15.3. The number of benzene rings is 2. The highest BCUT2D eigenvalue weighted by molar-refractivity contribution is 8.01. The second kappa shape index (κ2) is 7.77. The van der Waals surface area contributed by atoms with Crippen LogP contribution >= 0.6 is 11.8 Å². The van der Waals surface area contributed by atoms with Crippen molar-refractivity contribution in [2.75, 3.05) is 18.8 Å². The van der Waals surface area contributed by atoms with Gasteiger partial charge in [0.25, 0.3) is 0 Å². The molecule has 4 nitrogen and oxygen atoms in total. The lowest BCUT2D eigenvalue weighted by Gasteiger charge is -2.44. The van der Waals surface area contributed by atoms with Crippen molar-refractivity contribution in [2.45, 2.75) is 30.7 Å². The lowest BCUT2D eigenvalue weighted by molar-refractivity contribution is -0.135. The van der Waals surface area contributed by atoms with Crippen molar-refractivity contribution in [1.29, 1.82) is 0 Å². The van der Waals surface area contributed by atoms with Gasteiger partial charge in [0.2, 0.25) is 11.8 Å². The number of piperidine rings is 1. The van der Waals surface area contributed by atoms with Crippen LogP contribution in [0.3, 0.4) is 0 Å². The van der Waals surface area contributed by atoms with E-state index in [0.29, 0.717) is 18.7 Å². The van der Waals surface area contributed by atoms with Crippen molar-refractivity contribution in [3.63, 3.8) is 0 Å². The first-order valence-electron chi connectivity index (χ1n) is 9.46. The summed E-state index contributed by atoms with van der Waals surface area (Å²) in [5, 5.41) is 0. The maximum Gasteiger partial charge on any atom is 0.234 e. The lowest BCUT2D eigenvalue weighted by atomic mass is 10.00. The van der Waals surface area contributed by atoms with E-state index >= 15 is 0 Å². The highest BCUT2D eigenvalue weighted by atomic mass is 32.2. The number of thioether (sulfide) groups is 1. The zero-order chi connectivity index (χ0) is 18.7. The second-order valence-electron chi connectivity index (χ2n) is 7.24. The first kappa shape index (κ1) is 18.1. The topological polar surface area (TPSA) is 40.6 Å². The quantitative estimate of drug-likeness (QED) is 0.817. The van der Waals surface area contributed by atoms with Crippen LogP contribution in [0.2, 0.25) is 0 Å². The van der Waals surface area contributed by atoms with E-state index in [-0.39, 0.29) is 16.7 Å². The third-order valence-corrected chi connectivity index (χ3v) is 7.09. The fourth-order valence-electron chi connectivity index (χ4n) is 3.98. The van der Waals surface area contributed by atoms with Gasteiger partial charge in [-0.3, -0.25) is 9.59 Å². The van der Waals surface area contributed by atoms with Crippen molar-refractivity contribution < 1.29 is 9.59 Å². The van der Waals surface area contributed by atoms with E-state index in [1.54, 1.807) is 11.8 Å². The molecule has 1 spiro atoms. The summed E-state index contributed by atoms with van der Waals surface area (Å²) in [7, 11) is 0. The Bertz CT molecular complexity index is 802. The maximum atomic E-state index is 12.6. The minimum Gasteiger partial charge on any atom is -0.342 e. The molecule has 0 atom stereocenters. The minimum absolute atomic E-state index is 0.156. The van der Waals surface area contributed by atoms with Gasteiger partial charge in [-0.05, 0) is 24.0 Å². The summed E-state index contributed by atoms with van der Waals surface area (Å²) >= 11 is 1.76. The van der Waals surface area contributed by atoms with E-state index in [9.17, 15) is 9.59 Å². The molecule has 0 aliphatic carbocycles. The SMILES string of the molecule is O=C(Cc1ccccc1)N1CCC2(CC1)SCC(=O)N2Cc1ccccc1. The average molecular weight is 381 g/mol. The molecule has 2 aromatic carbocycles. The Kier molecular flexibility index (Phi) is 5.21. The van der Waals surface area contributed by atoms with Crippen LogP contribution in [0.4, 0.5) is 0 Å². The third kappa shape index (κ3) is 3.88. The lowest BCUT2D eigenvalue weighted by Crippen LogP contribution is -2.52. The van der Waals surface area contributed by atoms with Gasteiger partial charge in [-0.15, -0.1) is 11.8 Å². The number of likely N-dealkylation sites (tertiary alicyclic amines) is 1. The van der Waals surface area contributed by atoms with Gasteiger partial charge in [-0.2, -0.15) is 0 Å². The van der Waals surface area contributed by atoms with Gasteiger partial charge >= 0.3 is 0 Å². The van der Waals surface area contributed by atoms with E-state index in [0.717, 1.165) is 37.1 Å². The van der Waals surface area contributed by atoms with E-state index < -0.39 is 0 Å². The molecule has 0 unspecified atom stereocenters. The minimum atomic E-state index is -0.156. The van der Waals surface area contributed by atoms with Crippen molar-refractivity contribution >= 4 is 23.6 Å². The number of amides is 2. The number of carbonyl (C=O) groups is 2. The fraction of sp³-hybridized carbons (Fsp3) is 0.364. The molecule has 27 heavy (non-hydrogen) atoms. The van der Waals surface area contributed by atoms with Crippen molar-refractivity contribution in [3.8, 4) is 0 Å². The van der Waals surface area contributed by atoms with E-state index in [1.165, 1.54) is 0 Å². The highest BCUT2D eigenvalue weighted by Crippen LogP contribution is 2.45. The summed E-state index contributed by atoms with van der Waals surface area (Å²) in [4.78, 5) is 29.0. The molecular weight excluding hydrogens is 356 g/mol. The molecular formula is C22H24N2O2S. The largest absolute Gasteiger partial charge is 0.342 e. The molecule has 2 aromatic rings. The van der Waals surface area contributed by atoms with Gasteiger partial charge in [-0.25, -0.2) is 0 Å². The van der Waals surface area contributed by atoms with Crippen LogP contribution in [-0.2, 0) is 22.6 Å². The number of carbonyl (C=O) groups excluding carboxylic acids is 2. The molecule has 4 rings (SSSR count). The molecule has 0 aromatic heterocycles. The van der Waals surface area contributed by atoms with Gasteiger partial charge in [0.15, 0.2) is 0 Å². The molecule has 2 fully saturated rings. The summed E-state index contributed by atoms with van der Waals surface area (Å²) in [6.07, 6.45) is 2.14. The molecule has 0 N–H and O–H groups in total. The van der Waals surface area contributed by atoms with Gasteiger partial charge in [0.05, 0.1) is 17.0 Å². The predicted octanol–water partition coefficient (Wildman–Crippen LogP) is 3.32. The van der Waals surface area contributed by atoms with Crippen LogP contribution in [0.5, 0.6) is 0 Å². The van der Waals surface area contributed by atoms with Crippen molar-refractivity contribution in [1.82, 2.24) is 9.80 Å². The standard InChI is InChI=1S/C22H24N2O2S/c25-20(15-18-7-3-1-4-8-18)23-13-11-22(12-14-23)24(21(26)17-27-22)16-19-9-5-2-6-10-19/h1-10H,11-17H2. The van der Waals surface area contributed by atoms with Crippen LogP contribution in [-0.4, -0.2) is 45.3 Å². The van der Waals surface area contributed by atoms with Crippen LogP contribution in [0.15, 0.2) is 60.7 Å². The summed E-state index contributed by atoms with van der Waals surface area (Å²) in [6.45, 7) is 2.10. The zero-order valence-corrected chi connectivity index (χ0v) is 16.2. The molecule has 0 saturated carbocycles. The van der Waals surface area contributed by atoms with Crippen LogP contribution in [0.1, 0.15) is 24.0 Å². The summed E-state index contributed by atoms with van der Waals surface area (Å²) in [6, 6.07) is 20.1. The Balaban J connectivity index is 1.40. The molecule has 2 aliphatic heterocycles. The molecule has 5 heteroatoms. The average Bonchev–Trinajstić information content (AvgIpc) is 3.00. The molecule has 2 amide bonds. The van der Waals surface area contributed by atoms with Crippen LogP contribution in [0, 0.1) is 0 Å². The number of hydrogen-bond acceptors (Lipinski definition) is 3. The van der Waals surface area contributed by atoms with E-state index in [4.69, 9.17) is 0 Å². The third-order valence-electron chi connectivity index (χ3n) is 5.54. The van der Waals surface area contributed by atoms with Gasteiger partial charge < -0.3 is 9.80 Å². The number of hydrogen-bond donors (Lipinski definition) is 0. The maximum absolute atomic E-state index is 12.6. The monoisotopic (exact) mass is 380 g/mol. The van der Waals surface area contributed by atoms with Gasteiger partial charge in [0.1, 0.15) is 0 Å². The first-order chi connectivity index (χ1) is 13.2. The summed E-state index contributed by atoms with van der Waals surface area (Å²) in [5.41, 5.74) is 2.22. The Labute approximate surface area is 164 Å². The Morgan fingerprint density at radius 1 is 0.926 bits per heavy atom. The first-order valence-corrected chi connectivity index (χ1v) is 10.4. The van der Waals surface area contributed by atoms with Gasteiger partial charge in [0, 0.05) is 19.6 Å². The number of nitrogens with zero attached hydrogens (tertiary/aromatic N) is 2. The van der Waals surface area contributed by atoms with Crippen molar-refractivity contribution in [2.24, 2.45) is 0 Å². The van der Waals surface area contributed by atoms with E-state index in [2.05, 4.69) is 12.1 Å². The normalized spacial score (nSPS) is 18.9. The van der Waals surface area contributed by atoms with E-state index in [1.807, 2.05) is 58.3 Å². The van der Waals surface area contributed by atoms with Crippen LogP contribution < -0.4 is 0 Å². The molecule has 0 bridgehead atoms.